The molecule has 0 saturated carbocycles. The van der Waals surface area contributed by atoms with Crippen molar-refractivity contribution in [2.45, 2.75) is 32.7 Å². The predicted octanol–water partition coefficient (Wildman–Crippen LogP) is 5.30. The lowest BCUT2D eigenvalue weighted by molar-refractivity contribution is 0.0904. The maximum atomic E-state index is 5.53. The molecule has 0 aliphatic carbocycles. The van der Waals surface area contributed by atoms with E-state index in [4.69, 9.17) is 9.72 Å². The van der Waals surface area contributed by atoms with Gasteiger partial charge in [0.15, 0.2) is 5.65 Å². The fourth-order valence-corrected chi connectivity index (χ4v) is 4.21. The van der Waals surface area contributed by atoms with Crippen molar-refractivity contribution in [1.82, 2.24) is 14.5 Å². The zero-order valence-corrected chi connectivity index (χ0v) is 17.4. The van der Waals surface area contributed by atoms with Crippen LogP contribution in [0.1, 0.15) is 24.0 Å². The van der Waals surface area contributed by atoms with E-state index in [1.54, 1.807) is 6.33 Å². The van der Waals surface area contributed by atoms with Crippen molar-refractivity contribution in [1.29, 1.82) is 0 Å². The number of ether oxygens (including phenoxy) is 1. The molecule has 5 heteroatoms. The minimum absolute atomic E-state index is 0.365. The lowest BCUT2D eigenvalue weighted by Crippen LogP contribution is -2.28. The summed E-state index contributed by atoms with van der Waals surface area (Å²) in [5.74, 6) is 0.898. The summed E-state index contributed by atoms with van der Waals surface area (Å²) in [7, 11) is 0. The number of aryl methyl sites for hydroxylation is 2. The van der Waals surface area contributed by atoms with Crippen LogP contribution in [0, 0.1) is 13.8 Å². The Morgan fingerprint density at radius 2 is 1.73 bits per heavy atom. The second-order valence-corrected chi connectivity index (χ2v) is 8.07. The number of fused-ring (bicyclic) bond motifs is 1. The second-order valence-electron chi connectivity index (χ2n) is 8.07. The number of nitrogens with one attached hydrogen (secondary N) is 1. The van der Waals surface area contributed by atoms with E-state index >= 15 is 0 Å². The molecule has 1 fully saturated rings. The highest BCUT2D eigenvalue weighted by molar-refractivity contribution is 6.02. The number of benzene rings is 2. The van der Waals surface area contributed by atoms with Crippen LogP contribution in [-0.4, -0.2) is 33.8 Å². The smallest absolute Gasteiger partial charge is 0.150 e. The van der Waals surface area contributed by atoms with Gasteiger partial charge in [-0.25, -0.2) is 9.97 Å². The maximum absolute atomic E-state index is 5.53. The van der Waals surface area contributed by atoms with Crippen LogP contribution in [0.5, 0.6) is 0 Å². The van der Waals surface area contributed by atoms with E-state index in [0.717, 1.165) is 54.2 Å². The van der Waals surface area contributed by atoms with Crippen LogP contribution >= 0.6 is 0 Å². The van der Waals surface area contributed by atoms with Crippen molar-refractivity contribution >= 4 is 16.9 Å². The van der Waals surface area contributed by atoms with E-state index in [2.05, 4.69) is 83.4 Å². The molecule has 1 aliphatic heterocycles. The van der Waals surface area contributed by atoms with Gasteiger partial charge in [-0.3, -0.25) is 0 Å². The Balaban J connectivity index is 1.71. The largest absolute Gasteiger partial charge is 0.381 e. The third-order valence-electron chi connectivity index (χ3n) is 5.75. The van der Waals surface area contributed by atoms with Gasteiger partial charge in [0, 0.05) is 36.7 Å². The van der Waals surface area contributed by atoms with Crippen molar-refractivity contribution in [3.63, 3.8) is 0 Å². The molecule has 152 valence electrons. The van der Waals surface area contributed by atoms with Crippen LogP contribution in [-0.2, 0) is 4.74 Å². The fourth-order valence-electron chi connectivity index (χ4n) is 4.21. The second kappa shape index (κ2) is 7.92. The number of hydrogen-bond donors (Lipinski definition) is 1. The van der Waals surface area contributed by atoms with Gasteiger partial charge in [-0.15, -0.1) is 0 Å². The van der Waals surface area contributed by atoms with Gasteiger partial charge in [0.25, 0.3) is 0 Å². The highest BCUT2D eigenvalue weighted by Crippen LogP contribution is 2.36. The molecule has 0 unspecified atom stereocenters. The van der Waals surface area contributed by atoms with Gasteiger partial charge < -0.3 is 14.6 Å². The Bertz CT molecular complexity index is 1190. The molecule has 5 rings (SSSR count). The fraction of sp³-hybridized carbons (Fsp3) is 0.280. The van der Waals surface area contributed by atoms with Crippen molar-refractivity contribution < 1.29 is 4.74 Å². The maximum Gasteiger partial charge on any atom is 0.150 e. The van der Waals surface area contributed by atoms with Crippen molar-refractivity contribution in [2.75, 3.05) is 18.5 Å². The first-order valence-electron chi connectivity index (χ1n) is 10.5. The van der Waals surface area contributed by atoms with Gasteiger partial charge in [0.05, 0.1) is 5.39 Å². The van der Waals surface area contributed by atoms with E-state index < -0.39 is 0 Å². The molecular formula is C25H26N4O. The lowest BCUT2D eigenvalue weighted by Gasteiger charge is -2.24. The van der Waals surface area contributed by atoms with Gasteiger partial charge >= 0.3 is 0 Å². The molecule has 1 saturated heterocycles. The molecule has 5 nitrogen and oxygen atoms in total. The zero-order chi connectivity index (χ0) is 20.5. The van der Waals surface area contributed by atoms with Crippen molar-refractivity contribution in [3.8, 4) is 16.8 Å². The molecule has 0 spiro atoms. The molecule has 2 aromatic heterocycles. The summed E-state index contributed by atoms with van der Waals surface area (Å²) in [5.41, 5.74) is 6.80. The summed E-state index contributed by atoms with van der Waals surface area (Å²) >= 11 is 0. The highest BCUT2D eigenvalue weighted by Gasteiger charge is 2.20. The minimum Gasteiger partial charge on any atom is -0.381 e. The standard InChI is InChI=1S/C25H26N4O/c1-17-5-3-7-19(13-17)22-15-29(21-8-4-6-18(2)14-21)25-23(22)24(26-16-27-25)28-20-9-11-30-12-10-20/h3-8,13-16,20H,9-12H2,1-2H3,(H,26,27,28). The molecule has 4 aromatic rings. The molecule has 0 amide bonds. The molecule has 0 atom stereocenters. The third-order valence-corrected chi connectivity index (χ3v) is 5.75. The summed E-state index contributed by atoms with van der Waals surface area (Å²) in [5, 5.41) is 4.75. The number of rotatable bonds is 4. The first-order valence-corrected chi connectivity index (χ1v) is 10.5. The Kier molecular flexibility index (Phi) is 4.97. The van der Waals surface area contributed by atoms with Crippen LogP contribution in [0.4, 0.5) is 5.82 Å². The molecule has 0 bridgehead atoms. The zero-order valence-electron chi connectivity index (χ0n) is 17.4. The summed E-state index contributed by atoms with van der Waals surface area (Å²) in [4.78, 5) is 9.35. The van der Waals surface area contributed by atoms with Crippen LogP contribution in [0.15, 0.2) is 61.1 Å². The average molecular weight is 399 g/mol. The quantitative estimate of drug-likeness (QED) is 0.507. The highest BCUT2D eigenvalue weighted by atomic mass is 16.5. The topological polar surface area (TPSA) is 52.0 Å². The minimum atomic E-state index is 0.365. The number of aromatic nitrogens is 3. The molecule has 1 aliphatic rings. The first kappa shape index (κ1) is 18.8. The monoisotopic (exact) mass is 398 g/mol. The van der Waals surface area contributed by atoms with Crippen LogP contribution in [0.25, 0.3) is 27.8 Å². The number of nitrogens with zero attached hydrogens (tertiary/aromatic N) is 3. The molecule has 30 heavy (non-hydrogen) atoms. The van der Waals surface area contributed by atoms with E-state index in [1.165, 1.54) is 16.7 Å². The predicted molar refractivity (Wildman–Crippen MR) is 121 cm³/mol. The van der Waals surface area contributed by atoms with Crippen LogP contribution in [0.3, 0.4) is 0 Å². The summed E-state index contributed by atoms with van der Waals surface area (Å²) in [6.45, 7) is 5.83. The lowest BCUT2D eigenvalue weighted by atomic mass is 10.0. The summed E-state index contributed by atoms with van der Waals surface area (Å²) < 4.78 is 7.70. The average Bonchev–Trinajstić information content (AvgIpc) is 3.15. The van der Waals surface area contributed by atoms with Gasteiger partial charge in [0.1, 0.15) is 12.1 Å². The van der Waals surface area contributed by atoms with Crippen molar-refractivity contribution in [2.24, 2.45) is 0 Å². The Labute approximate surface area is 176 Å². The van der Waals surface area contributed by atoms with Gasteiger partial charge in [-0.1, -0.05) is 42.0 Å². The molecular weight excluding hydrogens is 372 g/mol. The van der Waals surface area contributed by atoms with Crippen LogP contribution < -0.4 is 5.32 Å². The number of anilines is 1. The molecule has 1 N–H and O–H groups in total. The van der Waals surface area contributed by atoms with Gasteiger partial charge in [-0.2, -0.15) is 0 Å². The SMILES string of the molecule is Cc1cccc(-c2cn(-c3cccc(C)c3)c3ncnc(NC4CCOCC4)c23)c1. The van der Waals surface area contributed by atoms with E-state index in [9.17, 15) is 0 Å². The van der Waals surface area contributed by atoms with Crippen molar-refractivity contribution in [3.05, 3.63) is 72.2 Å². The summed E-state index contributed by atoms with van der Waals surface area (Å²) in [6, 6.07) is 17.5. The first-order chi connectivity index (χ1) is 14.7. The Morgan fingerprint density at radius 1 is 0.967 bits per heavy atom. The molecule has 0 radical (unpaired) electrons. The van der Waals surface area contributed by atoms with E-state index in [-0.39, 0.29) is 0 Å². The third kappa shape index (κ3) is 3.57. The van der Waals surface area contributed by atoms with E-state index in [1.807, 2.05) is 0 Å². The Hall–Kier alpha value is -3.18. The number of hydrogen-bond acceptors (Lipinski definition) is 4. The molecule has 2 aromatic carbocycles. The summed E-state index contributed by atoms with van der Waals surface area (Å²) in [6.07, 6.45) is 5.84. The van der Waals surface area contributed by atoms with Crippen LogP contribution in [0.2, 0.25) is 0 Å². The molecule has 3 heterocycles. The van der Waals surface area contributed by atoms with Gasteiger partial charge in [0.2, 0.25) is 0 Å². The normalized spacial score (nSPS) is 14.9. The van der Waals surface area contributed by atoms with Gasteiger partial charge in [-0.05, 0) is 49.9 Å². The Morgan fingerprint density at radius 3 is 2.50 bits per heavy atom. The van der Waals surface area contributed by atoms with E-state index in [0.29, 0.717) is 6.04 Å².